The van der Waals surface area contributed by atoms with E-state index >= 15 is 0 Å². The number of fused-ring (bicyclic) bond motifs is 1. The number of halogens is 2. The summed E-state index contributed by atoms with van der Waals surface area (Å²) in [5, 5.41) is 17.2. The van der Waals surface area contributed by atoms with Gasteiger partial charge in [0.25, 0.3) is 0 Å². The van der Waals surface area contributed by atoms with Crippen LogP contribution in [0.2, 0.25) is 10.0 Å². The Morgan fingerprint density at radius 3 is 2.33 bits per heavy atom. The number of carbonyl (C=O) groups excluding carboxylic acids is 3. The van der Waals surface area contributed by atoms with Crippen LogP contribution in [-0.2, 0) is 29.0 Å². The largest absolute Gasteiger partial charge is 0.368 e. The van der Waals surface area contributed by atoms with E-state index in [4.69, 9.17) is 23.2 Å². The molecule has 0 bridgehead atoms. The van der Waals surface area contributed by atoms with E-state index in [0.717, 1.165) is 67.2 Å². The number of rotatable bonds is 12. The van der Waals surface area contributed by atoms with Crippen molar-refractivity contribution < 1.29 is 14.4 Å². The fourth-order valence-electron chi connectivity index (χ4n) is 8.08. The number of nitrogens with one attached hydrogen (secondary N) is 2. The molecule has 2 fully saturated rings. The first kappa shape index (κ1) is 35.0. The van der Waals surface area contributed by atoms with Gasteiger partial charge >= 0.3 is 6.03 Å². The molecule has 2 N–H and O–H groups in total. The fraction of sp³-hybridized carbons (Fsp3) is 0.410. The van der Waals surface area contributed by atoms with Crippen molar-refractivity contribution in [3.05, 3.63) is 116 Å². The summed E-state index contributed by atoms with van der Waals surface area (Å²) in [6, 6.07) is 18.4. The van der Waals surface area contributed by atoms with Crippen LogP contribution in [0.3, 0.4) is 0 Å². The molecule has 264 valence electrons. The highest BCUT2D eigenvalue weighted by Crippen LogP contribution is 2.46. The summed E-state index contributed by atoms with van der Waals surface area (Å²) < 4.78 is 1.73. The number of hydrogen-bond acceptors (Lipinski definition) is 5. The second-order valence-electron chi connectivity index (χ2n) is 14.0. The molecule has 2 aliphatic carbocycles. The molecule has 4 atom stereocenters. The lowest BCUT2D eigenvalue weighted by molar-refractivity contribution is -0.122. The minimum atomic E-state index is -0.525. The van der Waals surface area contributed by atoms with Crippen LogP contribution in [0.4, 0.5) is 4.79 Å². The number of carbonyl (C=O) groups is 3. The summed E-state index contributed by atoms with van der Waals surface area (Å²) in [7, 11) is 0. The second kappa shape index (κ2) is 15.5. The van der Waals surface area contributed by atoms with Gasteiger partial charge in [0.05, 0.1) is 41.3 Å². The number of aromatic nitrogens is 3. The standard InChI is InChI=1S/C39H41Cl2N7O3/c1-2-48-22-32(46-47-48)21-36(50)45-37(24-6-3-4-7-24)29-17-28(19-31(41)20-29)25-11-12-27(16-25)38(26-8-5-9-30(40)18-26)44-35(49)15-23-10-13-33-34(14-23)43-39(51)42-33/h5,8-10,13-14,17-20,22,24-25,27,37-38H,2-4,6-7,11-12,15-16,21H2,1H3,(H,44,49)(H,45,50)/t25?,27?,37-,38+/m0/s1. The minimum Gasteiger partial charge on any atom is -0.349 e. The van der Waals surface area contributed by atoms with Crippen molar-refractivity contribution in [2.24, 2.45) is 21.8 Å². The summed E-state index contributed by atoms with van der Waals surface area (Å²) in [4.78, 5) is 46.3. The molecule has 1 aliphatic heterocycles. The zero-order chi connectivity index (χ0) is 35.5. The molecule has 2 saturated carbocycles. The van der Waals surface area contributed by atoms with Gasteiger partial charge in [-0.25, -0.2) is 4.79 Å². The van der Waals surface area contributed by atoms with E-state index in [9.17, 15) is 14.4 Å². The molecule has 1 aromatic heterocycles. The number of hydrogen-bond donors (Lipinski definition) is 2. The number of urea groups is 1. The Bertz CT molecular complexity index is 2080. The molecule has 4 amide bonds. The Morgan fingerprint density at radius 1 is 0.824 bits per heavy atom. The second-order valence-corrected chi connectivity index (χ2v) is 14.9. The third kappa shape index (κ3) is 8.39. The molecular weight excluding hydrogens is 685 g/mol. The van der Waals surface area contributed by atoms with Crippen molar-refractivity contribution >= 4 is 41.0 Å². The number of amides is 4. The highest BCUT2D eigenvalue weighted by atomic mass is 35.5. The molecule has 2 unspecified atom stereocenters. The maximum atomic E-state index is 13.5. The van der Waals surface area contributed by atoms with Crippen LogP contribution in [0.1, 0.15) is 97.8 Å². The molecule has 2 heterocycles. The van der Waals surface area contributed by atoms with Crippen molar-refractivity contribution in [1.82, 2.24) is 25.6 Å². The molecule has 3 aromatic carbocycles. The van der Waals surface area contributed by atoms with Gasteiger partial charge in [-0.1, -0.05) is 65.5 Å². The van der Waals surface area contributed by atoms with Crippen LogP contribution in [0.5, 0.6) is 0 Å². The molecule has 0 spiro atoms. The molecular formula is C39H41Cl2N7O3. The Hall–Kier alpha value is -4.41. The molecule has 0 radical (unpaired) electrons. The topological polar surface area (TPSA) is 131 Å². The van der Waals surface area contributed by atoms with E-state index < -0.39 is 6.03 Å². The van der Waals surface area contributed by atoms with Crippen molar-refractivity contribution in [3.63, 3.8) is 0 Å². The Balaban J connectivity index is 1.09. The molecule has 0 saturated heterocycles. The van der Waals surface area contributed by atoms with Crippen LogP contribution < -0.4 is 21.3 Å². The molecule has 7 rings (SSSR count). The third-order valence-electron chi connectivity index (χ3n) is 10.5. The van der Waals surface area contributed by atoms with Gasteiger partial charge in [0.1, 0.15) is 0 Å². The number of nitrogens with zero attached hydrogens (tertiary/aromatic N) is 5. The zero-order valence-electron chi connectivity index (χ0n) is 28.5. The molecule has 4 aromatic rings. The van der Waals surface area contributed by atoms with Crippen molar-refractivity contribution in [2.75, 3.05) is 0 Å². The van der Waals surface area contributed by atoms with Gasteiger partial charge in [-0.2, -0.15) is 9.98 Å². The van der Waals surface area contributed by atoms with Gasteiger partial charge in [0.2, 0.25) is 11.8 Å². The highest BCUT2D eigenvalue weighted by molar-refractivity contribution is 6.31. The van der Waals surface area contributed by atoms with Gasteiger partial charge in [-0.3, -0.25) is 14.3 Å². The summed E-state index contributed by atoms with van der Waals surface area (Å²) in [5.74, 6) is 0.528. The van der Waals surface area contributed by atoms with Crippen molar-refractivity contribution in [3.8, 4) is 0 Å². The van der Waals surface area contributed by atoms with Crippen LogP contribution in [0, 0.1) is 11.8 Å². The lowest BCUT2D eigenvalue weighted by atomic mass is 9.86. The summed E-state index contributed by atoms with van der Waals surface area (Å²) in [5.41, 5.74) is 4.57. The maximum absolute atomic E-state index is 13.5. The van der Waals surface area contributed by atoms with Crippen LogP contribution >= 0.6 is 23.2 Å². The van der Waals surface area contributed by atoms with E-state index in [1.165, 1.54) is 0 Å². The SMILES string of the molecule is CCn1cc(CC(=O)N[C@H](c2cc(Cl)cc(C3CCC([C@H](NC(=O)Cc4ccc5c(c4)=NC(=O)N=5)c4cccc(Cl)c4)C3)c2)C2CCCC2)nn1. The predicted octanol–water partition coefficient (Wildman–Crippen LogP) is 6.55. The average Bonchev–Trinajstić information content (AvgIpc) is 3.93. The third-order valence-corrected chi connectivity index (χ3v) is 11.0. The first-order valence-corrected chi connectivity index (χ1v) is 18.6. The monoisotopic (exact) mass is 725 g/mol. The fourth-order valence-corrected chi connectivity index (χ4v) is 8.53. The summed E-state index contributed by atoms with van der Waals surface area (Å²) >= 11 is 13.3. The van der Waals surface area contributed by atoms with Crippen LogP contribution in [-0.4, -0.2) is 32.8 Å². The van der Waals surface area contributed by atoms with E-state index in [0.29, 0.717) is 38.9 Å². The van der Waals surface area contributed by atoms with E-state index in [1.807, 2.05) is 49.5 Å². The van der Waals surface area contributed by atoms with Crippen molar-refractivity contribution in [1.29, 1.82) is 0 Å². The Kier molecular flexibility index (Phi) is 10.6. The van der Waals surface area contributed by atoms with E-state index in [1.54, 1.807) is 16.8 Å². The van der Waals surface area contributed by atoms with Crippen LogP contribution in [0.25, 0.3) is 0 Å². The predicted molar refractivity (Wildman–Crippen MR) is 194 cm³/mol. The molecule has 51 heavy (non-hydrogen) atoms. The lowest BCUT2D eigenvalue weighted by Crippen LogP contribution is -2.34. The maximum Gasteiger partial charge on any atom is 0.368 e. The number of aryl methyl sites for hydroxylation is 1. The van der Waals surface area contributed by atoms with Gasteiger partial charge < -0.3 is 10.6 Å². The Morgan fingerprint density at radius 2 is 1.57 bits per heavy atom. The molecule has 10 nitrogen and oxygen atoms in total. The quantitative estimate of drug-likeness (QED) is 0.171. The highest BCUT2D eigenvalue weighted by Gasteiger charge is 2.35. The summed E-state index contributed by atoms with van der Waals surface area (Å²) in [6.07, 6.45) is 9.24. The smallest absolute Gasteiger partial charge is 0.349 e. The van der Waals surface area contributed by atoms with Crippen LogP contribution in [0.15, 0.2) is 76.8 Å². The zero-order valence-corrected chi connectivity index (χ0v) is 30.0. The molecule has 12 heteroatoms. The first-order chi connectivity index (χ1) is 24.7. The van der Waals surface area contributed by atoms with E-state index in [2.05, 4.69) is 43.1 Å². The van der Waals surface area contributed by atoms with Gasteiger partial charge in [0.15, 0.2) is 0 Å². The van der Waals surface area contributed by atoms with Gasteiger partial charge in [0, 0.05) is 22.8 Å². The van der Waals surface area contributed by atoms with Crippen molar-refractivity contribution in [2.45, 2.75) is 89.3 Å². The number of benzene rings is 3. The Labute approximate surface area is 306 Å². The molecule has 3 aliphatic rings. The first-order valence-electron chi connectivity index (χ1n) is 17.8. The van der Waals surface area contributed by atoms with Gasteiger partial charge in [-0.05, 0) is 115 Å². The normalized spacial score (nSPS) is 19.6. The van der Waals surface area contributed by atoms with Gasteiger partial charge in [-0.15, -0.1) is 5.10 Å². The van der Waals surface area contributed by atoms with E-state index in [-0.39, 0.29) is 48.6 Å². The average molecular weight is 727 g/mol. The lowest BCUT2D eigenvalue weighted by Gasteiger charge is -2.27. The summed E-state index contributed by atoms with van der Waals surface area (Å²) in [6.45, 7) is 2.69. The minimum absolute atomic E-state index is 0.0737.